The number of imidazole rings is 4. The maximum Gasteiger partial charge on any atom is 0.434 e. The lowest BCUT2D eigenvalue weighted by Gasteiger charge is -2.18. The summed E-state index contributed by atoms with van der Waals surface area (Å²) < 4.78 is 107. The van der Waals surface area contributed by atoms with Crippen LogP contribution in [0.1, 0.15) is 204 Å². The van der Waals surface area contributed by atoms with Gasteiger partial charge in [0.25, 0.3) is 0 Å². The molecular weight excluding hydrogens is 1880 g/mol. The number of hydrogen-bond donors (Lipinski definition) is 2. The molecule has 0 radical (unpaired) electrons. The molecule has 18 aromatic rings. The summed E-state index contributed by atoms with van der Waals surface area (Å²) in [4.78, 5) is 106. The summed E-state index contributed by atoms with van der Waals surface area (Å²) in [5, 5.41) is 15.8. The molecule has 2 N–H and O–H groups in total. The molecule has 0 bridgehead atoms. The molecule has 742 valence electrons. The Morgan fingerprint density at radius 3 is 1.29 bits per heavy atom. The van der Waals surface area contributed by atoms with Crippen LogP contribution >= 0.6 is 0 Å². The fourth-order valence-corrected chi connectivity index (χ4v) is 20.2. The van der Waals surface area contributed by atoms with E-state index < -0.39 is 23.7 Å². The normalized spacial score (nSPS) is 15.3. The van der Waals surface area contributed by atoms with Crippen molar-refractivity contribution in [2.45, 2.75) is 192 Å². The zero-order valence-corrected chi connectivity index (χ0v) is 81.2. The highest BCUT2D eigenvalue weighted by Gasteiger charge is 2.40. The molecule has 15 heterocycles. The molecule has 0 atom stereocenters. The van der Waals surface area contributed by atoms with Crippen molar-refractivity contribution in [2.24, 2.45) is 14.1 Å². The predicted molar refractivity (Wildman–Crippen MR) is 539 cm³/mol. The number of anilines is 2. The van der Waals surface area contributed by atoms with Crippen molar-refractivity contribution in [1.29, 1.82) is 0 Å². The largest absolute Gasteiger partial charge is 0.434 e. The number of fused-ring (bicyclic) bond motifs is 6. The Balaban J connectivity index is 0.000000108. The van der Waals surface area contributed by atoms with Crippen LogP contribution in [0.25, 0.3) is 102 Å². The lowest BCUT2D eigenvalue weighted by molar-refractivity contribution is -0.141. The van der Waals surface area contributed by atoms with Crippen LogP contribution in [0.4, 0.5) is 42.4 Å². The minimum absolute atomic E-state index is 0.0187. The minimum Gasteiger partial charge on any atom is -0.333 e. The van der Waals surface area contributed by atoms with Crippen LogP contribution in [0.2, 0.25) is 0 Å². The fourth-order valence-electron chi connectivity index (χ4n) is 20.2. The number of hydrogen-bond acceptors (Lipinski definition) is 19. The van der Waals surface area contributed by atoms with Crippen LogP contribution in [0.15, 0.2) is 241 Å². The first-order valence-electron chi connectivity index (χ1n) is 49.5. The maximum absolute atomic E-state index is 14.6. The van der Waals surface area contributed by atoms with Gasteiger partial charge in [-0.1, -0.05) is 161 Å². The summed E-state index contributed by atoms with van der Waals surface area (Å²) in [6, 6.07) is 56.0. The monoisotopic (exact) mass is 1980 g/mol. The molecule has 8 aliphatic rings. The van der Waals surface area contributed by atoms with Crippen molar-refractivity contribution in [3.8, 4) is 79.7 Å². The summed E-state index contributed by atoms with van der Waals surface area (Å²) in [6.07, 6.45) is 14.5. The van der Waals surface area contributed by atoms with Gasteiger partial charge in [-0.3, -0.25) is 42.6 Å². The number of pyridine rings is 1. The van der Waals surface area contributed by atoms with Crippen LogP contribution in [0.3, 0.4) is 0 Å². The SMILES string of the molecule is CC(C)c1c(F)cccc1-c1ncc2c(n1)N(Cc1ccc(-n3ncc4c3CNC4)cc1)C(=O)C2.CC(C)c1ccccc1-c1ncc2c(n1)N(Cc1ccc(-n3ncc4c3CNC4)cc1)C(=O)C2.Cn1cc(C(F)(F)F)nc1-c1ccc(Cn2c(=O)n(C3CC3)c3cnc(-c4ccccc4C4CC4)nc32)cc1.Cn1cc(C(F)(F)F)nc1-c1ccc(Cn2c(=O)n(C3CC3)c3cnc(-c4cccnc4C4CC4)nc32)cc1. The number of benzene rings is 7. The van der Waals surface area contributed by atoms with Gasteiger partial charge >= 0.3 is 23.7 Å². The lowest BCUT2D eigenvalue weighted by Crippen LogP contribution is -2.26. The molecule has 4 aliphatic heterocycles. The van der Waals surface area contributed by atoms with Crippen LogP contribution < -0.4 is 31.8 Å². The standard InChI is InChI=1S/C29H25F3N6O.C28H24F3N7O.C27H25FN6O.C27H26N6O/c1-36-16-24(29(30,31)32)34-26(36)19-8-6-17(7-9-19)15-37-27-23(38(28(37)39)20-12-13-20)14-33-25(35-27)22-5-3-2-4-21(22)18-10-11-18;1-36-15-22(28(29,30)31)34-25(36)18-6-4-16(5-7-18)14-37-26-21(38(27(37)39)19-10-11-19)13-33-24(35-26)20-3-2-12-32-23(20)17-8-9-17;1-16(2)25-21(4-3-5-22(25)28)26-30-12-18-10-24(35)33(27(18)32-26)15-17-6-8-20(9-7-17)34-23-14-29-11-19(23)13-31-34;1-17(2)22-5-3-4-6-23(22)26-29-13-19-11-25(34)32(27(19)31-26)16-18-7-9-21(10-8-18)33-24-15-28-12-20(24)14-30-33/h2-9,14,16,18,20H,10-13,15H2,1H3;2-7,12-13,15,17,19H,8-11,14H2,1H3;3-9,12-13,16,29H,10-11,14-15H2,1-2H3;3-10,13-14,17,28H,11-12,15-16H2,1-2H3. The van der Waals surface area contributed by atoms with Crippen LogP contribution in [-0.4, -0.2) is 114 Å². The number of rotatable bonds is 22. The Hall–Kier alpha value is -16.2. The van der Waals surface area contributed by atoms with E-state index in [4.69, 9.17) is 19.9 Å². The van der Waals surface area contributed by atoms with E-state index in [1.807, 2.05) is 127 Å². The van der Waals surface area contributed by atoms with Gasteiger partial charge in [0.1, 0.15) is 40.1 Å². The number of nitrogens with zero attached hydrogens (tertiary/aromatic N) is 23. The van der Waals surface area contributed by atoms with E-state index in [-0.39, 0.29) is 78.2 Å². The summed E-state index contributed by atoms with van der Waals surface area (Å²) >= 11 is 0. The average Bonchev–Trinajstić information content (AvgIpc) is 1.58. The van der Waals surface area contributed by atoms with Gasteiger partial charge in [0.15, 0.2) is 46.0 Å². The van der Waals surface area contributed by atoms with Gasteiger partial charge < -0.3 is 19.8 Å². The topological polar surface area (TPSA) is 306 Å². The van der Waals surface area contributed by atoms with Gasteiger partial charge in [-0.15, -0.1) is 0 Å². The summed E-state index contributed by atoms with van der Waals surface area (Å²) in [5.74, 6) is 5.06. The first-order valence-corrected chi connectivity index (χ1v) is 49.5. The van der Waals surface area contributed by atoms with Gasteiger partial charge in [-0.25, -0.2) is 73.2 Å². The zero-order valence-electron chi connectivity index (χ0n) is 81.2. The second kappa shape index (κ2) is 38.1. The van der Waals surface area contributed by atoms with Crippen LogP contribution in [-0.2, 0) is 101 Å². The molecule has 147 heavy (non-hydrogen) atoms. The minimum atomic E-state index is -4.51. The smallest absolute Gasteiger partial charge is 0.333 e. The molecule has 4 saturated carbocycles. The van der Waals surface area contributed by atoms with Gasteiger partial charge in [0.05, 0.1) is 92.3 Å². The second-order valence-corrected chi connectivity index (χ2v) is 39.4. The Bertz CT molecular complexity index is 8040. The van der Waals surface area contributed by atoms with E-state index in [1.54, 1.807) is 95.3 Å². The van der Waals surface area contributed by atoms with Crippen molar-refractivity contribution in [3.63, 3.8) is 0 Å². The van der Waals surface area contributed by atoms with E-state index in [2.05, 4.69) is 112 Å². The van der Waals surface area contributed by atoms with Crippen molar-refractivity contribution in [3.05, 3.63) is 348 Å². The molecule has 26 rings (SSSR count). The highest BCUT2D eigenvalue weighted by atomic mass is 19.4. The third-order valence-electron chi connectivity index (χ3n) is 28.3. The first kappa shape index (κ1) is 94.3. The molecule has 0 spiro atoms. The van der Waals surface area contributed by atoms with Gasteiger partial charge in [-0.05, 0) is 145 Å². The van der Waals surface area contributed by atoms with Gasteiger partial charge in [0.2, 0.25) is 11.8 Å². The molecule has 2 amide bonds. The molecule has 0 unspecified atom stereocenters. The Kier molecular flexibility index (Phi) is 24.4. The number of aromatic nitrogens is 21. The number of nitrogens with one attached hydrogen (secondary N) is 2. The maximum atomic E-state index is 14.6. The second-order valence-electron chi connectivity index (χ2n) is 39.4. The highest BCUT2D eigenvalue weighted by molar-refractivity contribution is 6.01. The van der Waals surface area contributed by atoms with E-state index in [9.17, 15) is 49.9 Å². The van der Waals surface area contributed by atoms with E-state index in [0.717, 1.165) is 163 Å². The third-order valence-corrected chi connectivity index (χ3v) is 28.3. The molecule has 0 saturated heterocycles. The first-order chi connectivity index (χ1) is 71.1. The number of halogens is 7. The van der Waals surface area contributed by atoms with E-state index >= 15 is 0 Å². The van der Waals surface area contributed by atoms with Crippen molar-refractivity contribution in [2.75, 3.05) is 9.80 Å². The molecule has 7 aromatic carbocycles. The number of carbonyl (C=O) groups is 2. The number of amides is 2. The van der Waals surface area contributed by atoms with E-state index in [0.29, 0.717) is 111 Å². The molecule has 4 fully saturated rings. The molecule has 36 heteroatoms. The van der Waals surface area contributed by atoms with Crippen LogP contribution in [0.5, 0.6) is 0 Å². The predicted octanol–water partition coefficient (Wildman–Crippen LogP) is 19.7. The summed E-state index contributed by atoms with van der Waals surface area (Å²) in [7, 11) is 3.07. The van der Waals surface area contributed by atoms with Crippen molar-refractivity contribution in [1.82, 2.24) is 112 Å². The Morgan fingerprint density at radius 1 is 0.401 bits per heavy atom. The number of alkyl halides is 6. The van der Waals surface area contributed by atoms with Gasteiger partial charge in [0, 0.05) is 150 Å². The summed E-state index contributed by atoms with van der Waals surface area (Å²) in [5.41, 5.74) is 21.4. The molecular formula is C111H100F7N25O4. The van der Waals surface area contributed by atoms with Gasteiger partial charge in [-0.2, -0.15) is 36.5 Å². The lowest BCUT2D eigenvalue weighted by atomic mass is 9.96. The molecule has 11 aromatic heterocycles. The number of carbonyl (C=O) groups excluding carboxylic acids is 2. The Morgan fingerprint density at radius 2 is 0.830 bits per heavy atom. The summed E-state index contributed by atoms with van der Waals surface area (Å²) in [6.45, 7) is 13.0. The van der Waals surface area contributed by atoms with Crippen molar-refractivity contribution < 1.29 is 40.3 Å². The highest BCUT2D eigenvalue weighted by Crippen LogP contribution is 2.47. The molecule has 29 nitrogen and oxygen atoms in total. The van der Waals surface area contributed by atoms with Crippen molar-refractivity contribution >= 4 is 45.8 Å². The van der Waals surface area contributed by atoms with E-state index in [1.165, 1.54) is 62.9 Å². The average molecular weight is 1980 g/mol. The zero-order chi connectivity index (χ0) is 101. The number of aryl methyl sites for hydroxylation is 2. The van der Waals surface area contributed by atoms with Crippen LogP contribution in [0, 0.1) is 5.82 Å². The Labute approximate surface area is 838 Å². The fraction of sp³-hybridized carbons (Fsp3) is 0.288. The quantitative estimate of drug-likeness (QED) is 0.0596. The molecule has 4 aliphatic carbocycles. The third kappa shape index (κ3) is 18.7.